The van der Waals surface area contributed by atoms with Crippen LogP contribution in [0.5, 0.6) is 0 Å². The number of Topliss-reactive ketones (excluding diaryl/α,β-unsaturated/α-hetero) is 2. The molecule has 230 valence electrons. The third-order valence-electron chi connectivity index (χ3n) is 6.92. The number of rotatable bonds is 16. The Morgan fingerprint density at radius 1 is 0.864 bits per heavy atom. The summed E-state index contributed by atoms with van der Waals surface area (Å²) in [6.07, 6.45) is -0.0926. The topological polar surface area (TPSA) is 194 Å². The molecule has 0 aliphatic rings. The van der Waals surface area contributed by atoms with Crippen molar-refractivity contribution in [2.75, 3.05) is 13.1 Å². The number of hydrogen-bond donors (Lipinski definition) is 5. The van der Waals surface area contributed by atoms with Crippen LogP contribution in [0.2, 0.25) is 0 Å². The van der Waals surface area contributed by atoms with Crippen LogP contribution in [0.25, 0.3) is 20.2 Å². The number of aliphatic imine (C=N–C) groups is 1. The summed E-state index contributed by atoms with van der Waals surface area (Å²) in [7, 11) is 0. The van der Waals surface area contributed by atoms with Crippen LogP contribution in [0.1, 0.15) is 51.4 Å². The first-order valence-corrected chi connectivity index (χ1v) is 15.6. The minimum Gasteiger partial charge on any atom is -0.481 e. The molecule has 2 aromatic heterocycles. The molecular formula is C31H33N5O6S2. The van der Waals surface area contributed by atoms with E-state index in [1.54, 1.807) is 12.1 Å². The van der Waals surface area contributed by atoms with Crippen molar-refractivity contribution in [1.82, 2.24) is 10.6 Å². The summed E-state index contributed by atoms with van der Waals surface area (Å²) in [5.74, 6) is -3.70. The summed E-state index contributed by atoms with van der Waals surface area (Å²) in [5, 5.41) is 16.3. The van der Waals surface area contributed by atoms with Gasteiger partial charge in [-0.3, -0.25) is 29.0 Å². The maximum atomic E-state index is 13.4. The molecule has 7 N–H and O–H groups in total. The first kappa shape index (κ1) is 32.3. The quantitative estimate of drug-likeness (QED) is 0.0532. The van der Waals surface area contributed by atoms with E-state index in [1.165, 1.54) is 22.7 Å². The molecule has 4 rings (SSSR count). The van der Waals surface area contributed by atoms with Crippen LogP contribution >= 0.6 is 22.7 Å². The van der Waals surface area contributed by atoms with Gasteiger partial charge < -0.3 is 27.2 Å². The van der Waals surface area contributed by atoms with Crippen molar-refractivity contribution in [3.05, 3.63) is 70.4 Å². The zero-order chi connectivity index (χ0) is 31.6. The van der Waals surface area contributed by atoms with Gasteiger partial charge in [0.1, 0.15) is 6.04 Å². The lowest BCUT2D eigenvalue weighted by atomic mass is 9.95. The average Bonchev–Trinajstić information content (AvgIpc) is 3.64. The number of benzene rings is 2. The number of carboxylic acid groups (broad SMARTS) is 1. The summed E-state index contributed by atoms with van der Waals surface area (Å²) in [6.45, 7) is 0.000114. The lowest BCUT2D eigenvalue weighted by molar-refractivity contribution is -0.138. The van der Waals surface area contributed by atoms with E-state index in [2.05, 4.69) is 15.6 Å². The smallest absolute Gasteiger partial charge is 0.303 e. The number of carboxylic acids is 1. The summed E-state index contributed by atoms with van der Waals surface area (Å²) >= 11 is 2.61. The molecule has 13 heteroatoms. The molecule has 11 nitrogen and oxygen atoms in total. The Morgan fingerprint density at radius 2 is 1.48 bits per heavy atom. The van der Waals surface area contributed by atoms with Crippen molar-refractivity contribution in [2.24, 2.45) is 22.4 Å². The Balaban J connectivity index is 1.47. The van der Waals surface area contributed by atoms with Gasteiger partial charge in [-0.2, -0.15) is 0 Å². The second kappa shape index (κ2) is 15.2. The van der Waals surface area contributed by atoms with E-state index in [4.69, 9.17) is 16.6 Å². The van der Waals surface area contributed by atoms with Crippen molar-refractivity contribution in [3.8, 4) is 0 Å². The number of aliphatic carboxylic acids is 1. The van der Waals surface area contributed by atoms with Gasteiger partial charge in [0.2, 0.25) is 5.91 Å². The van der Waals surface area contributed by atoms with E-state index in [-0.39, 0.29) is 37.7 Å². The third-order valence-corrected chi connectivity index (χ3v) is 9.19. The Kier molecular flexibility index (Phi) is 11.2. The molecule has 2 heterocycles. The van der Waals surface area contributed by atoms with Crippen LogP contribution in [-0.2, 0) is 14.4 Å². The highest BCUT2D eigenvalue weighted by Crippen LogP contribution is 2.28. The monoisotopic (exact) mass is 635 g/mol. The molecular weight excluding hydrogens is 603 g/mol. The fraction of sp³-hybridized carbons (Fsp3) is 0.290. The van der Waals surface area contributed by atoms with E-state index < -0.39 is 41.9 Å². The standard InChI is InChI=1S/C31H33N5O6S2/c32-31(33)34-13-5-8-20(14-23(38)26-15-18-6-1-3-9-24(18)43-26)29(41)35-17-21(22(37)11-12-28(39)40)36-30(42)27-16-19-7-2-4-10-25(19)44-27/h1-4,6-7,9-10,15-16,20-21H,5,8,11-14,17H2,(H,35,41)(H,36,42)(H,39,40)(H4,32,33,34)/t20-,21?/m0/s1. The normalized spacial score (nSPS) is 12.4. The summed E-state index contributed by atoms with van der Waals surface area (Å²) in [4.78, 5) is 68.7. The van der Waals surface area contributed by atoms with Gasteiger partial charge in [-0.05, 0) is 47.9 Å². The predicted molar refractivity (Wildman–Crippen MR) is 172 cm³/mol. The van der Waals surface area contributed by atoms with E-state index in [0.717, 1.165) is 20.2 Å². The Bertz CT molecular complexity index is 1640. The third kappa shape index (κ3) is 8.94. The van der Waals surface area contributed by atoms with Gasteiger partial charge in [-0.1, -0.05) is 36.4 Å². The molecule has 44 heavy (non-hydrogen) atoms. The maximum Gasteiger partial charge on any atom is 0.303 e. The first-order chi connectivity index (χ1) is 21.1. The molecule has 0 aliphatic carbocycles. The zero-order valence-corrected chi connectivity index (χ0v) is 25.4. The number of nitrogens with two attached hydrogens (primary N) is 2. The maximum absolute atomic E-state index is 13.4. The molecule has 0 saturated carbocycles. The van der Waals surface area contributed by atoms with Gasteiger partial charge in [0.25, 0.3) is 5.91 Å². The Morgan fingerprint density at radius 3 is 2.09 bits per heavy atom. The van der Waals surface area contributed by atoms with Gasteiger partial charge in [0.05, 0.1) is 16.2 Å². The number of thiophene rings is 2. The lowest BCUT2D eigenvalue weighted by Gasteiger charge is -2.20. The van der Waals surface area contributed by atoms with Crippen molar-refractivity contribution in [1.29, 1.82) is 0 Å². The van der Waals surface area contributed by atoms with Crippen LogP contribution in [0.4, 0.5) is 0 Å². The molecule has 0 spiro atoms. The largest absolute Gasteiger partial charge is 0.481 e. The van der Waals surface area contributed by atoms with Crippen molar-refractivity contribution in [2.45, 2.75) is 38.1 Å². The number of fused-ring (bicyclic) bond motifs is 2. The minimum absolute atomic E-state index is 0.0771. The van der Waals surface area contributed by atoms with Crippen LogP contribution in [-0.4, -0.2) is 59.5 Å². The average molecular weight is 636 g/mol. The number of ketones is 2. The second-order valence-corrected chi connectivity index (χ2v) is 12.4. The highest BCUT2D eigenvalue weighted by molar-refractivity contribution is 7.21. The second-order valence-electron chi connectivity index (χ2n) is 10.2. The van der Waals surface area contributed by atoms with Crippen molar-refractivity contribution >= 4 is 78.2 Å². The van der Waals surface area contributed by atoms with Crippen molar-refractivity contribution in [3.63, 3.8) is 0 Å². The predicted octanol–water partition coefficient (Wildman–Crippen LogP) is 3.71. The molecule has 0 radical (unpaired) electrons. The number of hydrogen-bond acceptors (Lipinski definition) is 8. The van der Waals surface area contributed by atoms with Crippen LogP contribution in [0, 0.1) is 5.92 Å². The van der Waals surface area contributed by atoms with E-state index in [9.17, 15) is 24.0 Å². The van der Waals surface area contributed by atoms with Gasteiger partial charge in [0, 0.05) is 41.2 Å². The van der Waals surface area contributed by atoms with Crippen LogP contribution in [0.3, 0.4) is 0 Å². The zero-order valence-electron chi connectivity index (χ0n) is 23.8. The summed E-state index contributed by atoms with van der Waals surface area (Å²) in [5.41, 5.74) is 10.8. The molecule has 1 unspecified atom stereocenters. The number of carbonyl (C=O) groups is 5. The SMILES string of the molecule is NC(N)=NCCC[C@@H](CC(=O)c1cc2ccccc2s1)C(=O)NCC(NC(=O)c1cc2ccccc2s1)C(=O)CCC(=O)O. The summed E-state index contributed by atoms with van der Waals surface area (Å²) in [6, 6.07) is 17.4. The molecule has 2 aromatic carbocycles. The van der Waals surface area contributed by atoms with Crippen LogP contribution < -0.4 is 22.1 Å². The van der Waals surface area contributed by atoms with Crippen LogP contribution in [0.15, 0.2) is 65.7 Å². The molecule has 2 amide bonds. The van der Waals surface area contributed by atoms with Crippen molar-refractivity contribution < 1.29 is 29.1 Å². The van der Waals surface area contributed by atoms with Gasteiger partial charge in [-0.15, -0.1) is 22.7 Å². The number of nitrogens with zero attached hydrogens (tertiary/aromatic N) is 1. The minimum atomic E-state index is -1.17. The van der Waals surface area contributed by atoms with Gasteiger partial charge in [-0.25, -0.2) is 0 Å². The van der Waals surface area contributed by atoms with Gasteiger partial charge >= 0.3 is 5.97 Å². The fourth-order valence-corrected chi connectivity index (χ4v) is 6.61. The number of guanidine groups is 1. The van der Waals surface area contributed by atoms with E-state index in [1.807, 2.05) is 48.5 Å². The Hall–Kier alpha value is -4.62. The molecule has 2 atom stereocenters. The molecule has 4 aromatic rings. The van der Waals surface area contributed by atoms with E-state index >= 15 is 0 Å². The highest BCUT2D eigenvalue weighted by Gasteiger charge is 2.27. The molecule has 0 bridgehead atoms. The molecule has 0 fully saturated rings. The number of carbonyl (C=O) groups excluding carboxylic acids is 4. The molecule has 0 saturated heterocycles. The Labute approximate surface area is 261 Å². The van der Waals surface area contributed by atoms with Gasteiger partial charge in [0.15, 0.2) is 17.5 Å². The fourth-order valence-electron chi connectivity index (χ4n) is 4.64. The number of amides is 2. The number of nitrogens with one attached hydrogen (secondary N) is 2. The highest BCUT2D eigenvalue weighted by atomic mass is 32.1. The summed E-state index contributed by atoms with van der Waals surface area (Å²) < 4.78 is 1.85. The van der Waals surface area contributed by atoms with E-state index in [0.29, 0.717) is 22.6 Å². The molecule has 0 aliphatic heterocycles. The lowest BCUT2D eigenvalue weighted by Crippen LogP contribution is -2.49. The first-order valence-electron chi connectivity index (χ1n) is 14.0.